The normalized spacial score (nSPS) is 13.4. The minimum atomic E-state index is 0.153. The molecule has 0 aromatic heterocycles. The van der Waals surface area contributed by atoms with Crippen LogP contribution in [-0.4, -0.2) is 12.3 Å². The van der Waals surface area contributed by atoms with Gasteiger partial charge in [0.25, 0.3) is 0 Å². The lowest BCUT2D eigenvalue weighted by Crippen LogP contribution is -2.01. The quantitative estimate of drug-likeness (QED) is 0.327. The first kappa shape index (κ1) is 9.21. The van der Waals surface area contributed by atoms with Crippen molar-refractivity contribution < 1.29 is 4.84 Å². The van der Waals surface area contributed by atoms with E-state index in [4.69, 9.17) is 4.84 Å². The number of nitrogens with zero attached hydrogens (tertiary/aromatic N) is 1. The summed E-state index contributed by atoms with van der Waals surface area (Å²) >= 11 is 0. The van der Waals surface area contributed by atoms with Crippen molar-refractivity contribution in [3.8, 4) is 0 Å². The van der Waals surface area contributed by atoms with Crippen LogP contribution >= 0.6 is 0 Å². The number of oxime groups is 1. The summed E-state index contributed by atoms with van der Waals surface area (Å²) < 4.78 is 0. The van der Waals surface area contributed by atoms with E-state index in [1.807, 2.05) is 19.9 Å². The fourth-order valence-electron chi connectivity index (χ4n) is 0.499. The minimum Gasteiger partial charge on any atom is -0.393 e. The molecule has 0 saturated heterocycles. The SMILES string of the molecule is C=CCC(C)O/N=C/CC. The van der Waals surface area contributed by atoms with Gasteiger partial charge < -0.3 is 4.84 Å². The zero-order valence-electron chi connectivity index (χ0n) is 6.71. The lowest BCUT2D eigenvalue weighted by molar-refractivity contribution is 0.0756. The van der Waals surface area contributed by atoms with Crippen molar-refractivity contribution >= 4 is 6.21 Å². The Labute approximate surface area is 62.6 Å². The summed E-state index contributed by atoms with van der Waals surface area (Å²) in [5, 5.41) is 3.74. The molecule has 0 rings (SSSR count). The highest BCUT2D eigenvalue weighted by atomic mass is 16.6. The molecule has 2 heteroatoms. The molecule has 58 valence electrons. The zero-order valence-corrected chi connectivity index (χ0v) is 6.71. The molecule has 0 radical (unpaired) electrons. The second-order valence-electron chi connectivity index (χ2n) is 2.14. The highest BCUT2D eigenvalue weighted by Gasteiger charge is 1.95. The van der Waals surface area contributed by atoms with Gasteiger partial charge in [-0.1, -0.05) is 18.2 Å². The fourth-order valence-corrected chi connectivity index (χ4v) is 0.499. The molecular formula is C8H15NO. The van der Waals surface area contributed by atoms with Gasteiger partial charge in [-0.2, -0.15) is 0 Å². The van der Waals surface area contributed by atoms with E-state index in [1.54, 1.807) is 6.21 Å². The van der Waals surface area contributed by atoms with Crippen LogP contribution in [0.4, 0.5) is 0 Å². The molecule has 0 aromatic carbocycles. The Morgan fingerprint density at radius 1 is 1.70 bits per heavy atom. The fraction of sp³-hybridized carbons (Fsp3) is 0.625. The molecule has 0 aliphatic heterocycles. The predicted molar refractivity (Wildman–Crippen MR) is 44.1 cm³/mol. The molecule has 0 bridgehead atoms. The van der Waals surface area contributed by atoms with Gasteiger partial charge in [0, 0.05) is 12.6 Å². The Kier molecular flexibility index (Phi) is 5.83. The van der Waals surface area contributed by atoms with Gasteiger partial charge in [0.2, 0.25) is 0 Å². The van der Waals surface area contributed by atoms with Crippen LogP contribution < -0.4 is 0 Å². The van der Waals surface area contributed by atoms with Gasteiger partial charge >= 0.3 is 0 Å². The molecule has 10 heavy (non-hydrogen) atoms. The molecule has 0 aromatic rings. The van der Waals surface area contributed by atoms with E-state index in [1.165, 1.54) is 0 Å². The van der Waals surface area contributed by atoms with Crippen LogP contribution in [0.5, 0.6) is 0 Å². The van der Waals surface area contributed by atoms with Crippen LogP contribution in [0.25, 0.3) is 0 Å². The number of hydrogen-bond acceptors (Lipinski definition) is 2. The van der Waals surface area contributed by atoms with Crippen LogP contribution in [0, 0.1) is 0 Å². The predicted octanol–water partition coefficient (Wildman–Crippen LogP) is 2.36. The summed E-state index contributed by atoms with van der Waals surface area (Å²) in [7, 11) is 0. The van der Waals surface area contributed by atoms with Gasteiger partial charge in [-0.05, 0) is 13.3 Å². The van der Waals surface area contributed by atoms with Crippen molar-refractivity contribution in [3.63, 3.8) is 0 Å². The van der Waals surface area contributed by atoms with E-state index in [-0.39, 0.29) is 6.10 Å². The first-order valence-electron chi connectivity index (χ1n) is 3.59. The summed E-state index contributed by atoms with van der Waals surface area (Å²) in [4.78, 5) is 5.02. The zero-order chi connectivity index (χ0) is 7.82. The molecule has 0 amide bonds. The summed E-state index contributed by atoms with van der Waals surface area (Å²) in [5.41, 5.74) is 0. The maximum absolute atomic E-state index is 5.02. The molecule has 0 heterocycles. The van der Waals surface area contributed by atoms with Gasteiger partial charge in [0.1, 0.15) is 6.10 Å². The first-order chi connectivity index (χ1) is 4.81. The van der Waals surface area contributed by atoms with E-state index in [2.05, 4.69) is 11.7 Å². The monoisotopic (exact) mass is 141 g/mol. The van der Waals surface area contributed by atoms with Gasteiger partial charge in [0.15, 0.2) is 0 Å². The highest BCUT2D eigenvalue weighted by molar-refractivity contribution is 5.55. The Balaban J connectivity index is 3.28. The van der Waals surface area contributed by atoms with Crippen LogP contribution in [0.15, 0.2) is 17.8 Å². The van der Waals surface area contributed by atoms with Crippen molar-refractivity contribution in [3.05, 3.63) is 12.7 Å². The molecule has 1 atom stereocenters. The van der Waals surface area contributed by atoms with Gasteiger partial charge in [-0.15, -0.1) is 6.58 Å². The van der Waals surface area contributed by atoms with Gasteiger partial charge in [0.05, 0.1) is 0 Å². The second kappa shape index (κ2) is 6.33. The van der Waals surface area contributed by atoms with Crippen LogP contribution in [-0.2, 0) is 4.84 Å². The summed E-state index contributed by atoms with van der Waals surface area (Å²) in [6.07, 6.45) is 5.49. The Morgan fingerprint density at radius 3 is 2.90 bits per heavy atom. The average Bonchev–Trinajstić information content (AvgIpc) is 1.89. The molecule has 0 N–H and O–H groups in total. The summed E-state index contributed by atoms with van der Waals surface area (Å²) in [6.45, 7) is 7.58. The third-order valence-electron chi connectivity index (χ3n) is 0.997. The topological polar surface area (TPSA) is 21.6 Å². The maximum atomic E-state index is 5.02. The van der Waals surface area contributed by atoms with E-state index in [0.717, 1.165) is 12.8 Å². The van der Waals surface area contributed by atoms with Crippen molar-refractivity contribution in [2.75, 3.05) is 0 Å². The van der Waals surface area contributed by atoms with Crippen molar-refractivity contribution in [2.45, 2.75) is 32.8 Å². The third-order valence-corrected chi connectivity index (χ3v) is 0.997. The minimum absolute atomic E-state index is 0.153. The van der Waals surface area contributed by atoms with E-state index < -0.39 is 0 Å². The molecule has 1 unspecified atom stereocenters. The van der Waals surface area contributed by atoms with Gasteiger partial charge in [-0.3, -0.25) is 0 Å². The van der Waals surface area contributed by atoms with E-state index >= 15 is 0 Å². The van der Waals surface area contributed by atoms with E-state index in [9.17, 15) is 0 Å². The number of hydrogen-bond donors (Lipinski definition) is 0. The lowest BCUT2D eigenvalue weighted by Gasteiger charge is -2.04. The molecule has 0 spiro atoms. The van der Waals surface area contributed by atoms with Crippen molar-refractivity contribution in [1.82, 2.24) is 0 Å². The Morgan fingerprint density at radius 2 is 2.40 bits per heavy atom. The largest absolute Gasteiger partial charge is 0.393 e. The molecular weight excluding hydrogens is 126 g/mol. The van der Waals surface area contributed by atoms with E-state index in [0.29, 0.717) is 0 Å². The first-order valence-corrected chi connectivity index (χ1v) is 3.59. The standard InChI is InChI=1S/C8H15NO/c1-4-6-8(3)10-9-7-5-2/h4,7-8H,1,5-6H2,2-3H3/b9-7+. The van der Waals surface area contributed by atoms with Crippen LogP contribution in [0.1, 0.15) is 26.7 Å². The number of rotatable bonds is 5. The second-order valence-corrected chi connectivity index (χ2v) is 2.14. The maximum Gasteiger partial charge on any atom is 0.128 e. The van der Waals surface area contributed by atoms with Crippen LogP contribution in [0.3, 0.4) is 0 Å². The summed E-state index contributed by atoms with van der Waals surface area (Å²) in [5.74, 6) is 0. The Bertz CT molecular complexity index is 110. The van der Waals surface area contributed by atoms with Crippen molar-refractivity contribution in [1.29, 1.82) is 0 Å². The molecule has 0 saturated carbocycles. The smallest absolute Gasteiger partial charge is 0.128 e. The third kappa shape index (κ3) is 5.35. The Hall–Kier alpha value is -0.790. The molecule has 0 aliphatic rings. The average molecular weight is 141 g/mol. The molecule has 0 fully saturated rings. The lowest BCUT2D eigenvalue weighted by atomic mass is 10.3. The summed E-state index contributed by atoms with van der Waals surface area (Å²) in [6, 6.07) is 0. The van der Waals surface area contributed by atoms with Crippen LogP contribution in [0.2, 0.25) is 0 Å². The molecule has 2 nitrogen and oxygen atoms in total. The highest BCUT2D eigenvalue weighted by Crippen LogP contribution is 1.96. The molecule has 0 aliphatic carbocycles. The van der Waals surface area contributed by atoms with Gasteiger partial charge in [-0.25, -0.2) is 0 Å². The van der Waals surface area contributed by atoms with Crippen molar-refractivity contribution in [2.24, 2.45) is 5.16 Å².